The van der Waals surface area contributed by atoms with Crippen molar-refractivity contribution in [3.63, 3.8) is 0 Å². The van der Waals surface area contributed by atoms with Gasteiger partial charge in [0.15, 0.2) is 15.6 Å². The minimum atomic E-state index is -3.50. The first kappa shape index (κ1) is 16.1. The summed E-state index contributed by atoms with van der Waals surface area (Å²) in [5.74, 6) is -0.250. The summed E-state index contributed by atoms with van der Waals surface area (Å²) in [5.41, 5.74) is 0.148. The van der Waals surface area contributed by atoms with Crippen LogP contribution in [0.3, 0.4) is 0 Å². The van der Waals surface area contributed by atoms with Gasteiger partial charge < -0.3 is 9.64 Å². The molecule has 1 aromatic rings. The van der Waals surface area contributed by atoms with E-state index in [2.05, 4.69) is 0 Å². The summed E-state index contributed by atoms with van der Waals surface area (Å²) in [4.78, 5) is 26.4. The Balaban J connectivity index is 1.82. The third kappa shape index (κ3) is 3.45. The van der Waals surface area contributed by atoms with Crippen LogP contribution in [0.15, 0.2) is 29.2 Å². The molecule has 0 N–H and O–H groups in total. The van der Waals surface area contributed by atoms with E-state index in [1.54, 1.807) is 12.1 Å². The first-order valence-electron chi connectivity index (χ1n) is 7.61. The number of hydrogen-bond acceptors (Lipinski definition) is 5. The van der Waals surface area contributed by atoms with Gasteiger partial charge in [-0.2, -0.15) is 0 Å². The molecule has 1 aliphatic carbocycles. The van der Waals surface area contributed by atoms with Crippen LogP contribution in [-0.2, 0) is 19.4 Å². The molecule has 1 heterocycles. The quantitative estimate of drug-likeness (QED) is 0.816. The lowest BCUT2D eigenvalue weighted by molar-refractivity contribution is -0.136. The molecular weight excluding hydrogens is 318 g/mol. The van der Waals surface area contributed by atoms with E-state index in [-0.39, 0.29) is 41.2 Å². The first-order chi connectivity index (χ1) is 10.9. The van der Waals surface area contributed by atoms with Crippen LogP contribution in [-0.4, -0.2) is 57.1 Å². The molecule has 0 aromatic heterocycles. The summed E-state index contributed by atoms with van der Waals surface area (Å²) < 4.78 is 29.2. The van der Waals surface area contributed by atoms with E-state index in [1.165, 1.54) is 17.0 Å². The fraction of sp³-hybridized carbons (Fsp3) is 0.500. The second kappa shape index (κ2) is 6.05. The molecule has 6 nitrogen and oxygen atoms in total. The fourth-order valence-corrected chi connectivity index (χ4v) is 3.65. The van der Waals surface area contributed by atoms with Gasteiger partial charge in [0.2, 0.25) is 0 Å². The van der Waals surface area contributed by atoms with Gasteiger partial charge in [0.05, 0.1) is 23.6 Å². The standard InChI is InChI=1S/C16H19NO5S/c1-23(20,21)14-5-3-2-4-12(14)16(19)17-8-9-22-13(10-17)15(18)11-6-7-11/h2-5,11,13H,6-10H2,1H3. The average Bonchev–Trinajstić information content (AvgIpc) is 3.37. The number of benzene rings is 1. The zero-order chi connectivity index (χ0) is 16.6. The molecule has 23 heavy (non-hydrogen) atoms. The van der Waals surface area contributed by atoms with Crippen LogP contribution in [0.5, 0.6) is 0 Å². The van der Waals surface area contributed by atoms with Crippen LogP contribution in [0.2, 0.25) is 0 Å². The predicted octanol–water partition coefficient (Wildman–Crippen LogP) is 0.910. The van der Waals surface area contributed by atoms with Crippen molar-refractivity contribution in [3.8, 4) is 0 Å². The van der Waals surface area contributed by atoms with Crippen molar-refractivity contribution in [1.29, 1.82) is 0 Å². The van der Waals surface area contributed by atoms with E-state index >= 15 is 0 Å². The molecule has 0 spiro atoms. The SMILES string of the molecule is CS(=O)(=O)c1ccccc1C(=O)N1CCOC(C(=O)C2CC2)C1. The van der Waals surface area contributed by atoms with Crippen molar-refractivity contribution < 1.29 is 22.7 Å². The second-order valence-corrected chi connectivity index (χ2v) is 8.04. The average molecular weight is 337 g/mol. The van der Waals surface area contributed by atoms with E-state index in [1.807, 2.05) is 0 Å². The molecule has 1 amide bonds. The Labute approximate surface area is 135 Å². The van der Waals surface area contributed by atoms with Crippen LogP contribution in [0, 0.1) is 5.92 Å². The molecule has 1 saturated carbocycles. The normalized spacial score (nSPS) is 22.0. The number of morpholine rings is 1. The van der Waals surface area contributed by atoms with Crippen molar-refractivity contribution in [2.45, 2.75) is 23.8 Å². The Morgan fingerprint density at radius 3 is 2.57 bits per heavy atom. The molecule has 0 radical (unpaired) electrons. The van der Waals surface area contributed by atoms with Gasteiger partial charge in [-0.15, -0.1) is 0 Å². The third-order valence-electron chi connectivity index (χ3n) is 4.17. The van der Waals surface area contributed by atoms with Crippen molar-refractivity contribution in [2.75, 3.05) is 26.0 Å². The largest absolute Gasteiger partial charge is 0.367 e. The van der Waals surface area contributed by atoms with Crippen LogP contribution in [0.4, 0.5) is 0 Å². The van der Waals surface area contributed by atoms with Gasteiger partial charge in [0.25, 0.3) is 5.91 Å². The number of hydrogen-bond donors (Lipinski definition) is 0. The van der Waals surface area contributed by atoms with Crippen LogP contribution >= 0.6 is 0 Å². The Bertz CT molecular complexity index is 739. The van der Waals surface area contributed by atoms with E-state index in [4.69, 9.17) is 4.74 Å². The molecule has 1 unspecified atom stereocenters. The smallest absolute Gasteiger partial charge is 0.255 e. The number of nitrogens with zero attached hydrogens (tertiary/aromatic N) is 1. The Kier molecular flexibility index (Phi) is 4.25. The zero-order valence-corrected chi connectivity index (χ0v) is 13.7. The third-order valence-corrected chi connectivity index (χ3v) is 5.32. The summed E-state index contributed by atoms with van der Waals surface area (Å²) in [7, 11) is -3.50. The molecule has 2 fully saturated rings. The molecule has 1 atom stereocenters. The van der Waals surface area contributed by atoms with Crippen LogP contribution in [0.1, 0.15) is 23.2 Å². The van der Waals surface area contributed by atoms with E-state index in [0.717, 1.165) is 19.1 Å². The highest BCUT2D eigenvalue weighted by Gasteiger charge is 2.38. The van der Waals surface area contributed by atoms with Crippen molar-refractivity contribution in [2.24, 2.45) is 5.92 Å². The summed E-state index contributed by atoms with van der Waals surface area (Å²) in [6.07, 6.45) is 2.27. The summed E-state index contributed by atoms with van der Waals surface area (Å²) in [6, 6.07) is 6.16. The van der Waals surface area contributed by atoms with Gasteiger partial charge >= 0.3 is 0 Å². The Morgan fingerprint density at radius 2 is 1.91 bits per heavy atom. The van der Waals surface area contributed by atoms with Crippen molar-refractivity contribution >= 4 is 21.5 Å². The van der Waals surface area contributed by atoms with Crippen molar-refractivity contribution in [3.05, 3.63) is 29.8 Å². The van der Waals surface area contributed by atoms with E-state index in [0.29, 0.717) is 6.54 Å². The highest BCUT2D eigenvalue weighted by atomic mass is 32.2. The lowest BCUT2D eigenvalue weighted by Gasteiger charge is -2.32. The maximum atomic E-state index is 12.7. The van der Waals surface area contributed by atoms with Gasteiger partial charge in [-0.1, -0.05) is 12.1 Å². The second-order valence-electron chi connectivity index (χ2n) is 6.06. The minimum Gasteiger partial charge on any atom is -0.367 e. The van der Waals surface area contributed by atoms with Gasteiger partial charge in [-0.25, -0.2) is 8.42 Å². The number of ketones is 1. The number of carbonyl (C=O) groups is 2. The van der Waals surface area contributed by atoms with E-state index in [9.17, 15) is 18.0 Å². The molecule has 0 bridgehead atoms. The number of rotatable bonds is 4. The maximum Gasteiger partial charge on any atom is 0.255 e. The van der Waals surface area contributed by atoms with Gasteiger partial charge in [-0.3, -0.25) is 9.59 Å². The molecule has 1 aromatic carbocycles. The van der Waals surface area contributed by atoms with Crippen LogP contribution < -0.4 is 0 Å². The van der Waals surface area contributed by atoms with Gasteiger partial charge in [0, 0.05) is 18.7 Å². The predicted molar refractivity (Wildman–Crippen MR) is 82.9 cm³/mol. The topological polar surface area (TPSA) is 80.8 Å². The number of sulfone groups is 1. The van der Waals surface area contributed by atoms with E-state index < -0.39 is 15.9 Å². The Morgan fingerprint density at radius 1 is 1.22 bits per heavy atom. The lowest BCUT2D eigenvalue weighted by Crippen LogP contribution is -2.49. The monoisotopic (exact) mass is 337 g/mol. The first-order valence-corrected chi connectivity index (χ1v) is 9.51. The summed E-state index contributed by atoms with van der Waals surface area (Å²) >= 11 is 0. The molecule has 124 valence electrons. The Hall–Kier alpha value is -1.73. The fourth-order valence-electron chi connectivity index (χ4n) is 2.77. The lowest BCUT2D eigenvalue weighted by atomic mass is 10.1. The number of amides is 1. The molecule has 3 rings (SSSR count). The highest BCUT2D eigenvalue weighted by molar-refractivity contribution is 7.90. The summed E-state index contributed by atoms with van der Waals surface area (Å²) in [6.45, 7) is 0.827. The van der Waals surface area contributed by atoms with Crippen molar-refractivity contribution in [1.82, 2.24) is 4.90 Å². The number of ether oxygens (including phenoxy) is 1. The molecule has 1 aliphatic heterocycles. The minimum absolute atomic E-state index is 0.0153. The molecule has 2 aliphatic rings. The molecular formula is C16H19NO5S. The zero-order valence-electron chi connectivity index (χ0n) is 12.9. The molecule has 7 heteroatoms. The van der Waals surface area contributed by atoms with Gasteiger partial charge in [-0.05, 0) is 25.0 Å². The summed E-state index contributed by atoms with van der Waals surface area (Å²) in [5, 5.41) is 0. The highest BCUT2D eigenvalue weighted by Crippen LogP contribution is 2.32. The van der Waals surface area contributed by atoms with Gasteiger partial charge in [0.1, 0.15) is 6.10 Å². The number of carbonyl (C=O) groups excluding carboxylic acids is 2. The maximum absolute atomic E-state index is 12.7. The molecule has 1 saturated heterocycles. The van der Waals surface area contributed by atoms with Crippen LogP contribution in [0.25, 0.3) is 0 Å². The number of Topliss-reactive ketones (excluding diaryl/α,β-unsaturated/α-hetero) is 1.